The van der Waals surface area contributed by atoms with E-state index in [0.29, 0.717) is 6.61 Å². The number of rotatable bonds is 2. The Hall–Kier alpha value is -2.23. The molecular weight excluding hydrogens is 230 g/mol. The van der Waals surface area contributed by atoms with Gasteiger partial charge in [-0.25, -0.2) is 4.79 Å². The quantitative estimate of drug-likeness (QED) is 0.637. The first-order valence-corrected chi connectivity index (χ1v) is 5.59. The van der Waals surface area contributed by atoms with Crippen LogP contribution in [0, 0.1) is 6.92 Å². The minimum Gasteiger partial charge on any atom is -0.488 e. The van der Waals surface area contributed by atoms with Crippen molar-refractivity contribution in [3.05, 3.63) is 46.7 Å². The highest BCUT2D eigenvalue weighted by Gasteiger charge is 2.12. The van der Waals surface area contributed by atoms with E-state index in [9.17, 15) is 4.79 Å². The van der Waals surface area contributed by atoms with Gasteiger partial charge in [0.25, 0.3) is 0 Å². The molecule has 0 saturated heterocycles. The number of benzene rings is 1. The molecule has 4 heteroatoms. The summed E-state index contributed by atoms with van der Waals surface area (Å²) in [6.45, 7) is 2.41. The largest absolute Gasteiger partial charge is 0.488 e. The van der Waals surface area contributed by atoms with Gasteiger partial charge < -0.3 is 15.2 Å². The number of esters is 1. The lowest BCUT2D eigenvalue weighted by atomic mass is 10.0. The van der Waals surface area contributed by atoms with Crippen molar-refractivity contribution in [1.82, 2.24) is 0 Å². The van der Waals surface area contributed by atoms with E-state index in [1.165, 1.54) is 7.11 Å². The minimum atomic E-state index is -0.536. The number of methoxy groups -OCH3 is 1. The number of hydrogen-bond donors (Lipinski definition) is 1. The molecule has 1 aliphatic rings. The van der Waals surface area contributed by atoms with E-state index >= 15 is 0 Å². The predicted octanol–water partition coefficient (Wildman–Crippen LogP) is 1.79. The van der Waals surface area contributed by atoms with Gasteiger partial charge in [0.05, 0.1) is 7.11 Å². The number of nitrogens with two attached hydrogens (primary N) is 1. The van der Waals surface area contributed by atoms with Crippen molar-refractivity contribution < 1.29 is 14.3 Å². The van der Waals surface area contributed by atoms with E-state index in [2.05, 4.69) is 4.74 Å². The predicted molar refractivity (Wildman–Crippen MR) is 68.9 cm³/mol. The molecule has 1 aromatic rings. The Morgan fingerprint density at radius 3 is 3.00 bits per heavy atom. The molecule has 0 fully saturated rings. The minimum absolute atomic E-state index is 0.0726. The van der Waals surface area contributed by atoms with Crippen molar-refractivity contribution in [1.29, 1.82) is 0 Å². The first-order chi connectivity index (χ1) is 8.60. The van der Waals surface area contributed by atoms with Crippen molar-refractivity contribution >= 4 is 12.0 Å². The average molecular weight is 245 g/mol. The Kier molecular flexibility index (Phi) is 3.37. The molecule has 1 aromatic carbocycles. The van der Waals surface area contributed by atoms with Gasteiger partial charge in [-0.3, -0.25) is 0 Å². The fraction of sp³-hybridized carbons (Fsp3) is 0.214. The molecule has 0 saturated carbocycles. The molecule has 18 heavy (non-hydrogen) atoms. The zero-order chi connectivity index (χ0) is 13.1. The summed E-state index contributed by atoms with van der Waals surface area (Å²) >= 11 is 0. The Morgan fingerprint density at radius 2 is 2.28 bits per heavy atom. The van der Waals surface area contributed by atoms with E-state index in [1.807, 2.05) is 31.2 Å². The molecule has 0 aromatic heterocycles. The molecule has 2 N–H and O–H groups in total. The van der Waals surface area contributed by atoms with Crippen LogP contribution in [0.3, 0.4) is 0 Å². The van der Waals surface area contributed by atoms with Gasteiger partial charge in [-0.05, 0) is 36.8 Å². The van der Waals surface area contributed by atoms with Gasteiger partial charge in [0.15, 0.2) is 0 Å². The Bertz CT molecular complexity index is 544. The van der Waals surface area contributed by atoms with Gasteiger partial charge in [0.1, 0.15) is 18.1 Å². The molecule has 0 unspecified atom stereocenters. The van der Waals surface area contributed by atoms with Crippen LogP contribution in [-0.2, 0) is 9.53 Å². The second-order valence-electron chi connectivity index (χ2n) is 4.14. The lowest BCUT2D eigenvalue weighted by Gasteiger charge is -2.16. The van der Waals surface area contributed by atoms with Crippen molar-refractivity contribution in [2.75, 3.05) is 13.7 Å². The van der Waals surface area contributed by atoms with E-state index in [-0.39, 0.29) is 5.70 Å². The van der Waals surface area contributed by atoms with Crippen LogP contribution in [0.15, 0.2) is 35.5 Å². The second kappa shape index (κ2) is 4.96. The molecule has 0 bridgehead atoms. The standard InChI is InChI=1S/C14H15NO3/c1-9-3-4-13-11(5-9)6-10(8-18-13)7-12(15)14(16)17-2/h3-7H,8,15H2,1-2H3/b12-7-. The maximum atomic E-state index is 11.2. The molecule has 0 amide bonds. The third kappa shape index (κ3) is 2.53. The number of hydrogen-bond acceptors (Lipinski definition) is 4. The monoisotopic (exact) mass is 245 g/mol. The highest BCUT2D eigenvalue weighted by Crippen LogP contribution is 2.27. The molecule has 0 radical (unpaired) electrons. The molecule has 0 spiro atoms. The Balaban J connectivity index is 2.30. The Labute approximate surface area is 106 Å². The summed E-state index contributed by atoms with van der Waals surface area (Å²) in [5.41, 5.74) is 8.66. The number of fused-ring (bicyclic) bond motifs is 1. The fourth-order valence-electron chi connectivity index (χ4n) is 1.77. The maximum Gasteiger partial charge on any atom is 0.353 e. The molecule has 1 heterocycles. The van der Waals surface area contributed by atoms with Crippen LogP contribution < -0.4 is 10.5 Å². The summed E-state index contributed by atoms with van der Waals surface area (Å²) < 4.78 is 10.1. The first kappa shape index (κ1) is 12.2. The van der Waals surface area contributed by atoms with Crippen molar-refractivity contribution in [2.45, 2.75) is 6.92 Å². The van der Waals surface area contributed by atoms with Crippen molar-refractivity contribution in [2.24, 2.45) is 5.73 Å². The third-order valence-corrected chi connectivity index (χ3v) is 2.66. The Morgan fingerprint density at radius 1 is 1.50 bits per heavy atom. The van der Waals surface area contributed by atoms with Crippen LogP contribution in [0.5, 0.6) is 5.75 Å². The van der Waals surface area contributed by atoms with Crippen LogP contribution >= 0.6 is 0 Å². The van der Waals surface area contributed by atoms with Crippen LogP contribution in [0.2, 0.25) is 0 Å². The average Bonchev–Trinajstić information content (AvgIpc) is 2.37. The van der Waals surface area contributed by atoms with Gasteiger partial charge in [-0.1, -0.05) is 11.6 Å². The number of ether oxygens (including phenoxy) is 2. The van der Waals surface area contributed by atoms with Gasteiger partial charge >= 0.3 is 5.97 Å². The lowest BCUT2D eigenvalue weighted by Crippen LogP contribution is -2.15. The molecule has 4 nitrogen and oxygen atoms in total. The second-order valence-corrected chi connectivity index (χ2v) is 4.14. The van der Waals surface area contributed by atoms with Gasteiger partial charge in [-0.15, -0.1) is 0 Å². The lowest BCUT2D eigenvalue weighted by molar-refractivity contribution is -0.136. The van der Waals surface area contributed by atoms with E-state index in [0.717, 1.165) is 22.4 Å². The molecule has 2 rings (SSSR count). The van der Waals surface area contributed by atoms with Gasteiger partial charge in [-0.2, -0.15) is 0 Å². The molecule has 0 aliphatic carbocycles. The molecule has 0 atom stereocenters. The van der Waals surface area contributed by atoms with E-state index in [4.69, 9.17) is 10.5 Å². The fourth-order valence-corrected chi connectivity index (χ4v) is 1.77. The summed E-state index contributed by atoms with van der Waals surface area (Å²) in [4.78, 5) is 11.2. The SMILES string of the molecule is COC(=O)/C(N)=C/C1=Cc2cc(C)ccc2OC1. The van der Waals surface area contributed by atoms with Crippen LogP contribution in [-0.4, -0.2) is 19.7 Å². The van der Waals surface area contributed by atoms with E-state index in [1.54, 1.807) is 6.08 Å². The molecule has 1 aliphatic heterocycles. The van der Waals surface area contributed by atoms with E-state index < -0.39 is 5.97 Å². The zero-order valence-corrected chi connectivity index (χ0v) is 10.4. The van der Waals surface area contributed by atoms with Gasteiger partial charge in [0.2, 0.25) is 0 Å². The number of carbonyl (C=O) groups excluding carboxylic acids is 1. The highest BCUT2D eigenvalue weighted by molar-refractivity contribution is 5.88. The van der Waals surface area contributed by atoms with Crippen LogP contribution in [0.25, 0.3) is 6.08 Å². The summed E-state index contributed by atoms with van der Waals surface area (Å²) in [5, 5.41) is 0. The van der Waals surface area contributed by atoms with Gasteiger partial charge in [0, 0.05) is 5.56 Å². The molecular formula is C14H15NO3. The highest BCUT2D eigenvalue weighted by atomic mass is 16.5. The molecule has 94 valence electrons. The number of carbonyl (C=O) groups is 1. The van der Waals surface area contributed by atoms with Crippen molar-refractivity contribution in [3.8, 4) is 5.75 Å². The summed E-state index contributed by atoms with van der Waals surface area (Å²) in [6, 6.07) is 5.96. The number of aryl methyl sites for hydroxylation is 1. The topological polar surface area (TPSA) is 61.5 Å². The first-order valence-electron chi connectivity index (χ1n) is 5.59. The zero-order valence-electron chi connectivity index (χ0n) is 10.4. The summed E-state index contributed by atoms with van der Waals surface area (Å²) in [6.07, 6.45) is 3.54. The smallest absolute Gasteiger partial charge is 0.353 e. The maximum absolute atomic E-state index is 11.2. The van der Waals surface area contributed by atoms with Crippen molar-refractivity contribution in [3.63, 3.8) is 0 Å². The summed E-state index contributed by atoms with van der Waals surface area (Å²) in [7, 11) is 1.30. The van der Waals surface area contributed by atoms with Crippen LogP contribution in [0.1, 0.15) is 11.1 Å². The normalized spacial score (nSPS) is 14.3. The third-order valence-electron chi connectivity index (χ3n) is 2.66. The summed E-state index contributed by atoms with van der Waals surface area (Å²) in [5.74, 6) is 0.306. The van der Waals surface area contributed by atoms with Crippen LogP contribution in [0.4, 0.5) is 0 Å².